The molecule has 4 aromatic rings. The van der Waals surface area contributed by atoms with Crippen LogP contribution in [0.1, 0.15) is 44.3 Å². The largest absolute Gasteiger partial charge is 0.450 e. The standard InChI is InChI=1S/C30H33N7O4/c1-20-28-29(22-8-13-27(26(18-22)37(39)40)41-25-6-4-3-5-7-25)33-36(30(28)32-19-31-20)24-11-9-23(10-12-24)35-16-14-34(15-17-35)21(2)38/h3-8,13,18-19,23-24H,9-12,14-17H2,1-2H3. The van der Waals surface area contributed by atoms with Crippen LogP contribution in [0.4, 0.5) is 5.69 Å². The van der Waals surface area contributed by atoms with Gasteiger partial charge in [0.25, 0.3) is 0 Å². The maximum atomic E-state index is 12.0. The first-order valence-corrected chi connectivity index (χ1v) is 14.1. The molecule has 1 aliphatic heterocycles. The second kappa shape index (κ2) is 11.2. The zero-order chi connectivity index (χ0) is 28.5. The molecule has 11 heteroatoms. The number of carbonyl (C=O) groups is 1. The SMILES string of the molecule is CC(=O)N1CCN(C2CCC(n3nc(-c4ccc(Oc5ccccc5)c([N+](=O)[O-])c4)c4c(C)ncnc43)CC2)CC1. The fourth-order valence-electron chi connectivity index (χ4n) is 6.15. The summed E-state index contributed by atoms with van der Waals surface area (Å²) >= 11 is 0. The molecule has 0 atom stereocenters. The van der Waals surface area contributed by atoms with Gasteiger partial charge in [-0.15, -0.1) is 0 Å². The molecule has 1 saturated carbocycles. The number of para-hydroxylation sites is 1. The predicted molar refractivity (Wildman–Crippen MR) is 154 cm³/mol. The van der Waals surface area contributed by atoms with Crippen molar-refractivity contribution in [3.8, 4) is 22.8 Å². The first-order chi connectivity index (χ1) is 19.9. The van der Waals surface area contributed by atoms with Gasteiger partial charge in [0, 0.05) is 50.8 Å². The summed E-state index contributed by atoms with van der Waals surface area (Å²) in [7, 11) is 0. The Morgan fingerprint density at radius 2 is 1.68 bits per heavy atom. The van der Waals surface area contributed by atoms with E-state index in [0.717, 1.165) is 68.6 Å². The summed E-state index contributed by atoms with van der Waals surface area (Å²) in [6, 6.07) is 14.6. The van der Waals surface area contributed by atoms with Crippen LogP contribution in [0.3, 0.4) is 0 Å². The summed E-state index contributed by atoms with van der Waals surface area (Å²) < 4.78 is 7.84. The Kier molecular flexibility index (Phi) is 7.36. The Balaban J connectivity index is 1.27. The van der Waals surface area contributed by atoms with E-state index in [9.17, 15) is 14.9 Å². The van der Waals surface area contributed by atoms with Crippen LogP contribution in [0.25, 0.3) is 22.3 Å². The van der Waals surface area contributed by atoms with Crippen LogP contribution in [0.2, 0.25) is 0 Å². The molecule has 2 aliphatic rings. The van der Waals surface area contributed by atoms with Crippen molar-refractivity contribution in [1.29, 1.82) is 0 Å². The van der Waals surface area contributed by atoms with Crippen LogP contribution in [-0.4, -0.2) is 72.6 Å². The van der Waals surface area contributed by atoms with Crippen molar-refractivity contribution >= 4 is 22.6 Å². The average Bonchev–Trinajstić information content (AvgIpc) is 3.39. The summed E-state index contributed by atoms with van der Waals surface area (Å²) in [5.74, 6) is 0.846. The molecule has 1 amide bonds. The molecule has 2 aromatic carbocycles. The van der Waals surface area contributed by atoms with E-state index in [1.165, 1.54) is 6.07 Å². The summed E-state index contributed by atoms with van der Waals surface area (Å²) in [5.41, 5.74) is 2.65. The van der Waals surface area contributed by atoms with Crippen LogP contribution in [-0.2, 0) is 4.79 Å². The molecule has 11 nitrogen and oxygen atoms in total. The normalized spacial score (nSPS) is 19.8. The number of hydrogen-bond donors (Lipinski definition) is 0. The summed E-state index contributed by atoms with van der Waals surface area (Å²) in [4.78, 5) is 36.8. The quantitative estimate of drug-likeness (QED) is 0.237. The molecule has 3 heterocycles. The predicted octanol–water partition coefficient (Wildman–Crippen LogP) is 5.15. The maximum absolute atomic E-state index is 12.0. The van der Waals surface area contributed by atoms with E-state index in [4.69, 9.17) is 9.84 Å². The van der Waals surface area contributed by atoms with Gasteiger partial charge in [0.15, 0.2) is 5.65 Å². The molecule has 41 heavy (non-hydrogen) atoms. The number of nitro groups is 1. The summed E-state index contributed by atoms with van der Waals surface area (Å²) in [6.45, 7) is 6.97. The second-order valence-electron chi connectivity index (χ2n) is 10.8. The van der Waals surface area contributed by atoms with Crippen molar-refractivity contribution in [2.75, 3.05) is 26.2 Å². The Morgan fingerprint density at radius 1 is 0.976 bits per heavy atom. The number of rotatable bonds is 6. The van der Waals surface area contributed by atoms with Gasteiger partial charge >= 0.3 is 5.69 Å². The molecular weight excluding hydrogens is 522 g/mol. The highest BCUT2D eigenvalue weighted by Crippen LogP contribution is 2.39. The molecule has 0 bridgehead atoms. The highest BCUT2D eigenvalue weighted by molar-refractivity contribution is 5.93. The van der Waals surface area contributed by atoms with Crippen LogP contribution >= 0.6 is 0 Å². The molecule has 6 rings (SSSR count). The molecule has 1 aliphatic carbocycles. The van der Waals surface area contributed by atoms with Gasteiger partial charge in [-0.3, -0.25) is 19.8 Å². The minimum Gasteiger partial charge on any atom is -0.450 e. The van der Waals surface area contributed by atoms with Crippen LogP contribution in [0, 0.1) is 17.0 Å². The van der Waals surface area contributed by atoms with Gasteiger partial charge < -0.3 is 9.64 Å². The van der Waals surface area contributed by atoms with Crippen molar-refractivity contribution in [1.82, 2.24) is 29.5 Å². The van der Waals surface area contributed by atoms with E-state index in [-0.39, 0.29) is 23.4 Å². The second-order valence-corrected chi connectivity index (χ2v) is 10.8. The minimum atomic E-state index is -0.429. The lowest BCUT2D eigenvalue weighted by molar-refractivity contribution is -0.385. The van der Waals surface area contributed by atoms with Crippen LogP contribution in [0.5, 0.6) is 11.5 Å². The number of aromatic nitrogens is 4. The van der Waals surface area contributed by atoms with E-state index in [1.54, 1.807) is 37.5 Å². The number of piperazine rings is 1. The number of nitrogens with zero attached hydrogens (tertiary/aromatic N) is 7. The zero-order valence-corrected chi connectivity index (χ0v) is 23.3. The van der Waals surface area contributed by atoms with Gasteiger partial charge in [-0.2, -0.15) is 5.10 Å². The summed E-state index contributed by atoms with van der Waals surface area (Å²) in [5, 5.41) is 17.9. The van der Waals surface area contributed by atoms with Crippen molar-refractivity contribution < 1.29 is 14.5 Å². The third kappa shape index (κ3) is 5.37. The van der Waals surface area contributed by atoms with Gasteiger partial charge in [-0.05, 0) is 56.9 Å². The zero-order valence-electron chi connectivity index (χ0n) is 23.3. The lowest BCUT2D eigenvalue weighted by Gasteiger charge is -2.41. The average molecular weight is 556 g/mol. The van der Waals surface area contributed by atoms with Crippen molar-refractivity contribution in [2.24, 2.45) is 0 Å². The molecule has 212 valence electrons. The summed E-state index contributed by atoms with van der Waals surface area (Å²) in [6.07, 6.45) is 5.56. The maximum Gasteiger partial charge on any atom is 0.312 e. The number of benzene rings is 2. The Hall–Kier alpha value is -4.38. The van der Waals surface area contributed by atoms with E-state index < -0.39 is 4.92 Å². The van der Waals surface area contributed by atoms with Crippen LogP contribution in [0.15, 0.2) is 54.9 Å². The monoisotopic (exact) mass is 555 g/mol. The lowest BCUT2D eigenvalue weighted by atomic mass is 9.90. The lowest BCUT2D eigenvalue weighted by Crippen LogP contribution is -2.52. The fourth-order valence-corrected chi connectivity index (χ4v) is 6.15. The first kappa shape index (κ1) is 26.8. The number of amides is 1. The van der Waals surface area contributed by atoms with Crippen molar-refractivity contribution in [3.05, 3.63) is 70.7 Å². The van der Waals surface area contributed by atoms with Gasteiger partial charge in [-0.1, -0.05) is 18.2 Å². The molecule has 0 spiro atoms. The molecule has 0 unspecified atom stereocenters. The Labute approximate surface area is 237 Å². The molecule has 0 N–H and O–H groups in total. The number of ether oxygens (including phenoxy) is 1. The smallest absolute Gasteiger partial charge is 0.312 e. The van der Waals surface area contributed by atoms with Gasteiger partial charge in [0.2, 0.25) is 11.7 Å². The third-order valence-electron chi connectivity index (χ3n) is 8.37. The minimum absolute atomic E-state index is 0.131. The Bertz CT molecular complexity index is 1570. The van der Waals surface area contributed by atoms with Gasteiger partial charge in [0.05, 0.1) is 22.0 Å². The molecule has 2 fully saturated rings. The third-order valence-corrected chi connectivity index (χ3v) is 8.37. The Morgan fingerprint density at radius 3 is 2.37 bits per heavy atom. The molecule has 1 saturated heterocycles. The molecule has 2 aromatic heterocycles. The van der Waals surface area contributed by atoms with Crippen molar-refractivity contribution in [3.63, 3.8) is 0 Å². The van der Waals surface area contributed by atoms with Gasteiger partial charge in [-0.25, -0.2) is 14.6 Å². The molecule has 0 radical (unpaired) electrons. The van der Waals surface area contributed by atoms with E-state index in [0.29, 0.717) is 23.0 Å². The first-order valence-electron chi connectivity index (χ1n) is 14.1. The van der Waals surface area contributed by atoms with E-state index >= 15 is 0 Å². The topological polar surface area (TPSA) is 120 Å². The number of hydrogen-bond acceptors (Lipinski definition) is 8. The van der Waals surface area contributed by atoms with E-state index in [2.05, 4.69) is 14.9 Å². The van der Waals surface area contributed by atoms with Crippen LogP contribution < -0.4 is 4.74 Å². The van der Waals surface area contributed by atoms with E-state index in [1.807, 2.05) is 34.7 Å². The van der Waals surface area contributed by atoms with Gasteiger partial charge in [0.1, 0.15) is 17.8 Å². The number of fused-ring (bicyclic) bond motifs is 1. The number of nitro benzene ring substituents is 1. The number of aryl methyl sites for hydroxylation is 1. The fraction of sp³-hybridized carbons (Fsp3) is 0.400. The number of carbonyl (C=O) groups excluding carboxylic acids is 1. The highest BCUT2D eigenvalue weighted by Gasteiger charge is 2.31. The molecular formula is C30H33N7O4. The van der Waals surface area contributed by atoms with Crippen molar-refractivity contribution in [2.45, 2.75) is 51.6 Å². The highest BCUT2D eigenvalue weighted by atomic mass is 16.6.